The molecule has 1 N–H and O–H groups in total. The molecule has 0 bridgehead atoms. The number of carbonyl (C=O) groups is 1. The number of methoxy groups -OCH3 is 2. The first-order chi connectivity index (χ1) is 12.2. The molecule has 1 amide bonds. The molecule has 0 radical (unpaired) electrons. The van der Waals surface area contributed by atoms with E-state index >= 15 is 0 Å². The predicted molar refractivity (Wildman–Crippen MR) is 98.7 cm³/mol. The average molecular weight is 343 g/mol. The highest BCUT2D eigenvalue weighted by molar-refractivity contribution is 5.94. The number of hydrogen-bond donors (Lipinski definition) is 1. The third kappa shape index (κ3) is 5.41. The van der Waals surface area contributed by atoms with Crippen molar-refractivity contribution in [2.45, 2.75) is 26.2 Å². The summed E-state index contributed by atoms with van der Waals surface area (Å²) in [6, 6.07) is 12.9. The Kier molecular flexibility index (Phi) is 7.14. The monoisotopic (exact) mass is 343 g/mol. The largest absolute Gasteiger partial charge is 0.497 e. The van der Waals surface area contributed by atoms with E-state index in [9.17, 15) is 4.79 Å². The Labute approximate surface area is 148 Å². The first kappa shape index (κ1) is 18.6. The van der Waals surface area contributed by atoms with Gasteiger partial charge >= 0.3 is 0 Å². The van der Waals surface area contributed by atoms with Crippen LogP contribution in [0, 0.1) is 0 Å². The summed E-state index contributed by atoms with van der Waals surface area (Å²) >= 11 is 0. The molecule has 0 saturated carbocycles. The fourth-order valence-electron chi connectivity index (χ4n) is 2.40. The predicted octanol–water partition coefficient (Wildman–Crippen LogP) is 4.06. The van der Waals surface area contributed by atoms with Crippen molar-refractivity contribution in [1.29, 1.82) is 0 Å². The number of anilines is 1. The van der Waals surface area contributed by atoms with E-state index in [2.05, 4.69) is 12.2 Å². The lowest BCUT2D eigenvalue weighted by molar-refractivity contribution is -0.115. The molecule has 0 heterocycles. The summed E-state index contributed by atoms with van der Waals surface area (Å²) in [5, 5.41) is 2.91. The van der Waals surface area contributed by atoms with Crippen LogP contribution in [0.15, 0.2) is 42.5 Å². The van der Waals surface area contributed by atoms with Crippen LogP contribution >= 0.6 is 0 Å². The summed E-state index contributed by atoms with van der Waals surface area (Å²) < 4.78 is 16.3. The van der Waals surface area contributed by atoms with Crippen LogP contribution in [0.4, 0.5) is 5.69 Å². The summed E-state index contributed by atoms with van der Waals surface area (Å²) in [7, 11) is 3.19. The van der Waals surface area contributed by atoms with Crippen molar-refractivity contribution < 1.29 is 19.0 Å². The van der Waals surface area contributed by atoms with Gasteiger partial charge in [0.25, 0.3) is 0 Å². The Bertz CT molecular complexity index is 700. The molecule has 5 heteroatoms. The number of benzene rings is 2. The van der Waals surface area contributed by atoms with Crippen LogP contribution in [-0.4, -0.2) is 26.7 Å². The maximum Gasteiger partial charge on any atom is 0.229 e. The quantitative estimate of drug-likeness (QED) is 0.698. The molecule has 134 valence electrons. The molecule has 25 heavy (non-hydrogen) atoms. The maximum atomic E-state index is 12.5. The molecule has 5 nitrogen and oxygen atoms in total. The molecule has 0 atom stereocenters. The topological polar surface area (TPSA) is 56.8 Å². The second-order valence-corrected chi connectivity index (χ2v) is 5.60. The van der Waals surface area contributed by atoms with Crippen LogP contribution in [0.3, 0.4) is 0 Å². The molecule has 2 rings (SSSR count). The average Bonchev–Trinajstić information content (AvgIpc) is 2.63. The van der Waals surface area contributed by atoms with Gasteiger partial charge in [0, 0.05) is 11.6 Å². The summed E-state index contributed by atoms with van der Waals surface area (Å²) in [6.45, 7) is 2.71. The summed E-state index contributed by atoms with van der Waals surface area (Å²) in [4.78, 5) is 12.5. The van der Waals surface area contributed by atoms with Crippen molar-refractivity contribution in [3.8, 4) is 17.2 Å². The lowest BCUT2D eigenvalue weighted by Crippen LogP contribution is -2.16. The third-order valence-corrected chi connectivity index (χ3v) is 3.76. The lowest BCUT2D eigenvalue weighted by Gasteiger charge is -2.14. The van der Waals surface area contributed by atoms with Gasteiger partial charge < -0.3 is 19.5 Å². The Morgan fingerprint density at radius 2 is 1.84 bits per heavy atom. The fourth-order valence-corrected chi connectivity index (χ4v) is 2.40. The molecular formula is C20H25NO4. The second kappa shape index (κ2) is 9.57. The number of carbonyl (C=O) groups excluding carboxylic acids is 1. The highest BCUT2D eigenvalue weighted by Gasteiger charge is 2.12. The highest BCUT2D eigenvalue weighted by atomic mass is 16.5. The second-order valence-electron chi connectivity index (χ2n) is 5.60. The van der Waals surface area contributed by atoms with E-state index in [-0.39, 0.29) is 12.3 Å². The Balaban J connectivity index is 2.12. The first-order valence-corrected chi connectivity index (χ1v) is 8.40. The normalized spacial score (nSPS) is 10.2. The van der Waals surface area contributed by atoms with Crippen LogP contribution < -0.4 is 19.5 Å². The minimum atomic E-state index is -0.141. The van der Waals surface area contributed by atoms with Gasteiger partial charge in [-0.2, -0.15) is 0 Å². The van der Waals surface area contributed by atoms with E-state index in [1.165, 1.54) is 0 Å². The molecular weight excluding hydrogens is 318 g/mol. The summed E-state index contributed by atoms with van der Waals surface area (Å²) in [6.07, 6.45) is 2.22. The van der Waals surface area contributed by atoms with Crippen LogP contribution in [0.5, 0.6) is 17.2 Å². The molecule has 0 aromatic heterocycles. The van der Waals surface area contributed by atoms with E-state index in [1.54, 1.807) is 20.3 Å². The van der Waals surface area contributed by atoms with Gasteiger partial charge in [-0.25, -0.2) is 0 Å². The van der Waals surface area contributed by atoms with Gasteiger partial charge in [-0.15, -0.1) is 0 Å². The van der Waals surface area contributed by atoms with E-state index in [4.69, 9.17) is 14.2 Å². The van der Waals surface area contributed by atoms with Gasteiger partial charge in [0.15, 0.2) is 0 Å². The van der Waals surface area contributed by atoms with Crippen molar-refractivity contribution in [2.24, 2.45) is 0 Å². The molecule has 0 unspecified atom stereocenters. The smallest absolute Gasteiger partial charge is 0.229 e. The summed E-state index contributed by atoms with van der Waals surface area (Å²) in [5.74, 6) is 1.86. The Hall–Kier alpha value is -2.69. The highest BCUT2D eigenvalue weighted by Crippen LogP contribution is 2.30. The van der Waals surface area contributed by atoms with Gasteiger partial charge in [-0.05, 0) is 24.6 Å². The molecule has 0 saturated heterocycles. The van der Waals surface area contributed by atoms with E-state index < -0.39 is 0 Å². The minimum Gasteiger partial charge on any atom is -0.497 e. The molecule has 2 aromatic rings. The van der Waals surface area contributed by atoms with Crippen LogP contribution in [0.1, 0.15) is 25.3 Å². The van der Waals surface area contributed by atoms with Gasteiger partial charge in [-0.1, -0.05) is 31.5 Å². The van der Waals surface area contributed by atoms with Gasteiger partial charge in [0.1, 0.15) is 17.2 Å². The van der Waals surface area contributed by atoms with E-state index in [0.29, 0.717) is 29.5 Å². The van der Waals surface area contributed by atoms with Gasteiger partial charge in [0.2, 0.25) is 5.91 Å². The van der Waals surface area contributed by atoms with Crippen LogP contribution in [-0.2, 0) is 11.2 Å². The number of unbranched alkanes of at least 4 members (excludes halogenated alkanes) is 1. The molecule has 0 aliphatic rings. The Morgan fingerprint density at radius 3 is 2.56 bits per heavy atom. The van der Waals surface area contributed by atoms with E-state index in [1.807, 2.05) is 36.4 Å². The number of ether oxygens (including phenoxy) is 3. The molecule has 0 spiro atoms. The number of nitrogens with one attached hydrogen (secondary N) is 1. The number of amides is 1. The minimum absolute atomic E-state index is 0.141. The molecule has 0 aliphatic carbocycles. The first-order valence-electron chi connectivity index (χ1n) is 8.40. The van der Waals surface area contributed by atoms with Crippen LogP contribution in [0.25, 0.3) is 0 Å². The van der Waals surface area contributed by atoms with Crippen molar-refractivity contribution in [3.63, 3.8) is 0 Å². The number of hydrogen-bond acceptors (Lipinski definition) is 4. The standard InChI is InChI=1S/C20H25NO4/c1-4-5-12-25-19-11-10-16(23-2)14-17(19)21-20(22)13-15-8-6-7-9-18(15)24-3/h6-11,14H,4-5,12-13H2,1-3H3,(H,21,22). The number of para-hydroxylation sites is 1. The van der Waals surface area contributed by atoms with Gasteiger partial charge in [0.05, 0.1) is 32.9 Å². The Morgan fingerprint density at radius 1 is 1.04 bits per heavy atom. The fraction of sp³-hybridized carbons (Fsp3) is 0.350. The molecule has 0 fully saturated rings. The van der Waals surface area contributed by atoms with Crippen molar-refractivity contribution in [1.82, 2.24) is 0 Å². The SMILES string of the molecule is CCCCOc1ccc(OC)cc1NC(=O)Cc1ccccc1OC. The maximum absolute atomic E-state index is 12.5. The van der Waals surface area contributed by atoms with E-state index in [0.717, 1.165) is 18.4 Å². The third-order valence-electron chi connectivity index (χ3n) is 3.76. The van der Waals surface area contributed by atoms with Crippen molar-refractivity contribution >= 4 is 11.6 Å². The summed E-state index contributed by atoms with van der Waals surface area (Å²) in [5.41, 5.74) is 1.44. The van der Waals surface area contributed by atoms with Gasteiger partial charge in [-0.3, -0.25) is 4.79 Å². The zero-order valence-corrected chi connectivity index (χ0v) is 15.0. The number of rotatable bonds is 9. The van der Waals surface area contributed by atoms with Crippen molar-refractivity contribution in [3.05, 3.63) is 48.0 Å². The molecule has 2 aromatic carbocycles. The zero-order valence-electron chi connectivity index (χ0n) is 15.0. The van der Waals surface area contributed by atoms with Crippen LogP contribution in [0.2, 0.25) is 0 Å². The molecule has 0 aliphatic heterocycles. The zero-order chi connectivity index (χ0) is 18.1. The lowest BCUT2D eigenvalue weighted by atomic mass is 10.1. The van der Waals surface area contributed by atoms with Crippen molar-refractivity contribution in [2.75, 3.05) is 26.1 Å².